The second kappa shape index (κ2) is 10.1. The van der Waals surface area contributed by atoms with Gasteiger partial charge in [-0.15, -0.1) is 11.8 Å². The smallest absolute Gasteiger partial charge is 0.244 e. The normalized spacial score (nSPS) is 35.4. The van der Waals surface area contributed by atoms with Crippen LogP contribution in [0, 0.1) is 17.8 Å². The van der Waals surface area contributed by atoms with Gasteiger partial charge in [-0.05, 0) is 38.0 Å². The molecule has 33 heavy (non-hydrogen) atoms. The third-order valence-electron chi connectivity index (χ3n) is 8.64. The van der Waals surface area contributed by atoms with E-state index in [1.807, 2.05) is 20.8 Å². The highest BCUT2D eigenvalue weighted by atomic mass is 32.2. The van der Waals surface area contributed by atoms with Crippen molar-refractivity contribution in [3.05, 3.63) is 0 Å². The topological polar surface area (TPSA) is 98.7 Å². The molecular weight excluding hydrogens is 438 g/mol. The molecule has 3 saturated heterocycles. The van der Waals surface area contributed by atoms with Gasteiger partial charge in [-0.2, -0.15) is 0 Å². The van der Waals surface area contributed by atoms with E-state index >= 15 is 0 Å². The van der Waals surface area contributed by atoms with Crippen LogP contribution in [0.1, 0.15) is 78.6 Å². The summed E-state index contributed by atoms with van der Waals surface area (Å²) in [7, 11) is 0. The highest BCUT2D eigenvalue weighted by Gasteiger charge is 2.74. The molecule has 8 heteroatoms. The summed E-state index contributed by atoms with van der Waals surface area (Å²) in [6.07, 6.45) is 8.69. The average Bonchev–Trinajstić information content (AvgIpc) is 3.46. The second-order valence-corrected chi connectivity index (χ2v) is 12.2. The van der Waals surface area contributed by atoms with Gasteiger partial charge in [-0.3, -0.25) is 14.4 Å². The molecule has 4 rings (SSSR count). The van der Waals surface area contributed by atoms with Crippen molar-refractivity contribution in [1.29, 1.82) is 0 Å². The lowest BCUT2D eigenvalue weighted by Crippen LogP contribution is -2.59. The lowest BCUT2D eigenvalue weighted by Gasteiger charge is -2.40. The molecule has 3 N–H and O–H groups in total. The Bertz CT molecular complexity index is 758. The monoisotopic (exact) mass is 479 g/mol. The number of hydrogen-bond acceptors (Lipinski definition) is 5. The van der Waals surface area contributed by atoms with E-state index in [0.29, 0.717) is 6.54 Å². The maximum atomic E-state index is 14.0. The van der Waals surface area contributed by atoms with Gasteiger partial charge in [0.2, 0.25) is 17.7 Å². The molecule has 4 fully saturated rings. The fourth-order valence-electron chi connectivity index (χ4n) is 6.76. The summed E-state index contributed by atoms with van der Waals surface area (Å²) in [5.74, 6) is -1.06. The Kier molecular flexibility index (Phi) is 7.63. The van der Waals surface area contributed by atoms with E-state index in [-0.39, 0.29) is 41.5 Å². The van der Waals surface area contributed by atoms with E-state index in [1.54, 1.807) is 16.7 Å². The Morgan fingerprint density at radius 2 is 1.91 bits per heavy atom. The third-order valence-corrected chi connectivity index (χ3v) is 10.6. The van der Waals surface area contributed by atoms with Gasteiger partial charge in [0.15, 0.2) is 0 Å². The van der Waals surface area contributed by atoms with Crippen molar-refractivity contribution in [3.8, 4) is 0 Å². The predicted octanol–water partition coefficient (Wildman–Crippen LogP) is 2.46. The molecule has 7 atom stereocenters. The molecule has 1 aliphatic carbocycles. The number of thioether (sulfide) groups is 1. The lowest BCUT2D eigenvalue weighted by molar-refractivity contribution is -0.144. The minimum atomic E-state index is -0.623. The summed E-state index contributed by atoms with van der Waals surface area (Å²) in [4.78, 5) is 42.8. The van der Waals surface area contributed by atoms with Crippen LogP contribution in [-0.2, 0) is 14.4 Å². The van der Waals surface area contributed by atoms with Crippen molar-refractivity contribution in [3.63, 3.8) is 0 Å². The molecule has 0 aromatic carbocycles. The van der Waals surface area contributed by atoms with Crippen LogP contribution in [0.3, 0.4) is 0 Å². The molecule has 0 aromatic heterocycles. The zero-order chi connectivity index (χ0) is 23.8. The van der Waals surface area contributed by atoms with Crippen LogP contribution in [-0.4, -0.2) is 69.0 Å². The minimum absolute atomic E-state index is 0.0494. The third kappa shape index (κ3) is 4.19. The summed E-state index contributed by atoms with van der Waals surface area (Å²) >= 11 is 1.71. The number of amides is 3. The van der Waals surface area contributed by atoms with E-state index in [2.05, 4.69) is 10.6 Å². The van der Waals surface area contributed by atoms with Crippen LogP contribution in [0.4, 0.5) is 0 Å². The van der Waals surface area contributed by atoms with Crippen molar-refractivity contribution < 1.29 is 19.5 Å². The molecule has 4 aliphatic rings. The fourth-order valence-corrected chi connectivity index (χ4v) is 8.96. The van der Waals surface area contributed by atoms with Gasteiger partial charge >= 0.3 is 0 Å². The number of nitrogens with zero attached hydrogens (tertiary/aromatic N) is 1. The Balaban J connectivity index is 1.69. The Labute approximate surface area is 202 Å². The maximum absolute atomic E-state index is 14.0. The van der Waals surface area contributed by atoms with Gasteiger partial charge in [-0.1, -0.05) is 46.5 Å². The zero-order valence-corrected chi connectivity index (χ0v) is 21.2. The first kappa shape index (κ1) is 24.8. The van der Waals surface area contributed by atoms with Crippen LogP contribution in [0.25, 0.3) is 0 Å². The molecule has 7 nitrogen and oxygen atoms in total. The Morgan fingerprint density at radius 3 is 2.55 bits per heavy atom. The number of aliphatic hydroxyl groups is 1. The van der Waals surface area contributed by atoms with Crippen LogP contribution < -0.4 is 10.6 Å². The van der Waals surface area contributed by atoms with Gasteiger partial charge in [0.05, 0.1) is 29.2 Å². The highest BCUT2D eigenvalue weighted by Crippen LogP contribution is 2.66. The molecule has 1 saturated carbocycles. The first-order valence-electron chi connectivity index (χ1n) is 13.1. The van der Waals surface area contributed by atoms with E-state index in [0.717, 1.165) is 51.4 Å². The molecule has 3 aliphatic heterocycles. The Morgan fingerprint density at radius 1 is 1.18 bits per heavy atom. The first-order valence-corrected chi connectivity index (χ1v) is 14.0. The van der Waals surface area contributed by atoms with Gasteiger partial charge in [-0.25, -0.2) is 0 Å². The molecule has 3 amide bonds. The number of fused-ring (bicyclic) bond motifs is 1. The van der Waals surface area contributed by atoms with E-state index in [4.69, 9.17) is 0 Å². The lowest BCUT2D eigenvalue weighted by atomic mass is 9.70. The zero-order valence-electron chi connectivity index (χ0n) is 20.3. The van der Waals surface area contributed by atoms with Crippen LogP contribution in [0.5, 0.6) is 0 Å². The number of aliphatic hydroxyl groups excluding tert-OH is 1. The van der Waals surface area contributed by atoms with Crippen LogP contribution in [0.2, 0.25) is 0 Å². The molecule has 186 valence electrons. The molecule has 0 aromatic rings. The first-order chi connectivity index (χ1) is 15.9. The SMILES string of the molecule is CCCNC(=O)[C@@H]1[C@@H]2CCC3(S2)C(C(=O)NC2CCCCC2)N([C@@H](CO)[C@@H](C)CC)C(=O)[C@H]13. The molecular formula is C25H41N3O4S. The number of likely N-dealkylation sites (tertiary alicyclic amines) is 1. The molecule has 1 spiro atoms. The van der Waals surface area contributed by atoms with Gasteiger partial charge < -0.3 is 20.6 Å². The second-order valence-electron chi connectivity index (χ2n) is 10.6. The van der Waals surface area contributed by atoms with Crippen molar-refractivity contribution in [1.82, 2.24) is 15.5 Å². The summed E-state index contributed by atoms with van der Waals surface area (Å²) in [5.41, 5.74) is 0. The van der Waals surface area contributed by atoms with E-state index < -0.39 is 28.7 Å². The van der Waals surface area contributed by atoms with E-state index in [9.17, 15) is 19.5 Å². The van der Waals surface area contributed by atoms with Crippen molar-refractivity contribution in [2.24, 2.45) is 17.8 Å². The van der Waals surface area contributed by atoms with Crippen molar-refractivity contribution >= 4 is 29.5 Å². The molecule has 0 radical (unpaired) electrons. The molecule has 2 unspecified atom stereocenters. The van der Waals surface area contributed by atoms with Gasteiger partial charge in [0, 0.05) is 17.8 Å². The largest absolute Gasteiger partial charge is 0.394 e. The van der Waals surface area contributed by atoms with Gasteiger partial charge in [0.25, 0.3) is 0 Å². The van der Waals surface area contributed by atoms with E-state index in [1.165, 1.54) is 6.42 Å². The molecule has 3 heterocycles. The number of hydrogen-bond donors (Lipinski definition) is 3. The number of rotatable bonds is 9. The Hall–Kier alpha value is -1.28. The minimum Gasteiger partial charge on any atom is -0.394 e. The summed E-state index contributed by atoms with van der Waals surface area (Å²) in [5, 5.41) is 16.7. The van der Waals surface area contributed by atoms with Crippen molar-refractivity contribution in [2.45, 2.75) is 107 Å². The van der Waals surface area contributed by atoms with Gasteiger partial charge in [0.1, 0.15) is 6.04 Å². The molecule has 2 bridgehead atoms. The van der Waals surface area contributed by atoms with Crippen LogP contribution in [0.15, 0.2) is 0 Å². The average molecular weight is 480 g/mol. The summed E-state index contributed by atoms with van der Waals surface area (Å²) in [6.45, 7) is 6.53. The predicted molar refractivity (Wildman–Crippen MR) is 130 cm³/mol. The standard InChI is InChI=1S/C25H41N3O4S/c1-4-13-26-22(30)19-18-11-12-25(33-18)20(19)24(32)28(17(14-29)15(3)5-2)21(25)23(31)27-16-9-7-6-8-10-16/h15-21,29H,4-14H2,1-3H3,(H,26,30)(H,27,31)/t15-,17-,18-,19+,20-,21?,25?/m0/s1. The number of carbonyl (C=O) groups excluding carboxylic acids is 3. The summed E-state index contributed by atoms with van der Waals surface area (Å²) < 4.78 is -0.574. The maximum Gasteiger partial charge on any atom is 0.244 e. The summed E-state index contributed by atoms with van der Waals surface area (Å²) in [6, 6.07) is -0.882. The van der Waals surface area contributed by atoms with Crippen molar-refractivity contribution in [2.75, 3.05) is 13.2 Å². The fraction of sp³-hybridized carbons (Fsp3) is 0.880. The number of carbonyl (C=O) groups is 3. The number of nitrogens with one attached hydrogen (secondary N) is 2. The highest BCUT2D eigenvalue weighted by molar-refractivity contribution is 8.02. The quantitative estimate of drug-likeness (QED) is 0.472. The van der Waals surface area contributed by atoms with Crippen LogP contribution >= 0.6 is 11.8 Å².